The van der Waals surface area contributed by atoms with Gasteiger partial charge in [0.05, 0.1) is 5.69 Å². The van der Waals surface area contributed by atoms with Gasteiger partial charge in [-0.15, -0.1) is 0 Å². The fourth-order valence-corrected chi connectivity index (χ4v) is 1.97. The maximum atomic E-state index is 11.0. The van der Waals surface area contributed by atoms with Crippen LogP contribution in [0.3, 0.4) is 0 Å². The highest BCUT2D eigenvalue weighted by atomic mass is 16.1. The number of carbonyl (C=O) groups excluding carboxylic acids is 1. The first-order chi connectivity index (χ1) is 8.65. The Hall–Kier alpha value is -1.52. The number of amides is 1. The van der Waals surface area contributed by atoms with Crippen molar-refractivity contribution in [1.29, 1.82) is 0 Å². The number of unbranched alkanes of at least 4 members (excludes halogenated alkanes) is 6. The van der Waals surface area contributed by atoms with Crippen molar-refractivity contribution >= 4 is 11.6 Å². The predicted molar refractivity (Wildman–Crippen MR) is 73.2 cm³/mol. The first-order valence-electron chi connectivity index (χ1n) is 6.78. The van der Waals surface area contributed by atoms with Gasteiger partial charge in [0.25, 0.3) is 5.91 Å². The van der Waals surface area contributed by atoms with Crippen LogP contribution >= 0.6 is 0 Å². The van der Waals surface area contributed by atoms with E-state index in [-0.39, 0.29) is 5.69 Å². The van der Waals surface area contributed by atoms with Crippen molar-refractivity contribution in [1.82, 2.24) is 9.78 Å². The van der Waals surface area contributed by atoms with E-state index in [4.69, 9.17) is 11.5 Å². The van der Waals surface area contributed by atoms with Gasteiger partial charge in [-0.3, -0.25) is 9.48 Å². The summed E-state index contributed by atoms with van der Waals surface area (Å²) < 4.78 is 1.71. The van der Waals surface area contributed by atoms with Crippen LogP contribution in [0.25, 0.3) is 0 Å². The monoisotopic (exact) mass is 252 g/mol. The molecule has 18 heavy (non-hydrogen) atoms. The average molecular weight is 252 g/mol. The Labute approximate surface area is 109 Å². The second-order valence-electron chi connectivity index (χ2n) is 4.68. The lowest BCUT2D eigenvalue weighted by atomic mass is 10.1. The minimum absolute atomic E-state index is 0.179. The van der Waals surface area contributed by atoms with Crippen molar-refractivity contribution in [3.8, 4) is 0 Å². The lowest BCUT2D eigenvalue weighted by Crippen LogP contribution is -2.14. The van der Waals surface area contributed by atoms with Crippen LogP contribution in [0, 0.1) is 0 Å². The van der Waals surface area contributed by atoms with E-state index in [1.807, 2.05) is 0 Å². The highest BCUT2D eigenvalue weighted by Gasteiger charge is 2.10. The van der Waals surface area contributed by atoms with Gasteiger partial charge >= 0.3 is 0 Å². The molecular formula is C13H24N4O. The summed E-state index contributed by atoms with van der Waals surface area (Å²) in [5.74, 6) is -0.564. The zero-order valence-corrected chi connectivity index (χ0v) is 11.2. The van der Waals surface area contributed by atoms with Gasteiger partial charge in [-0.25, -0.2) is 0 Å². The number of carbonyl (C=O) groups is 1. The highest BCUT2D eigenvalue weighted by Crippen LogP contribution is 2.11. The number of nitrogens with two attached hydrogens (primary N) is 2. The second kappa shape index (κ2) is 7.74. The summed E-state index contributed by atoms with van der Waals surface area (Å²) in [6.07, 6.45) is 10.4. The van der Waals surface area contributed by atoms with Crippen LogP contribution in [0.5, 0.6) is 0 Å². The molecule has 1 amide bonds. The van der Waals surface area contributed by atoms with Crippen LogP contribution in [-0.4, -0.2) is 15.7 Å². The predicted octanol–water partition coefficient (Wildman–Crippen LogP) is 2.31. The van der Waals surface area contributed by atoms with Gasteiger partial charge in [-0.2, -0.15) is 5.10 Å². The van der Waals surface area contributed by atoms with Gasteiger partial charge in [-0.05, 0) is 6.42 Å². The second-order valence-corrected chi connectivity index (χ2v) is 4.68. The van der Waals surface area contributed by atoms with E-state index in [0.717, 1.165) is 13.0 Å². The molecule has 0 saturated heterocycles. The number of aryl methyl sites for hydroxylation is 1. The number of primary amides is 1. The number of hydrogen-bond acceptors (Lipinski definition) is 3. The average Bonchev–Trinajstić information content (AvgIpc) is 2.69. The number of hydrogen-bond donors (Lipinski definition) is 2. The van der Waals surface area contributed by atoms with Crippen LogP contribution in [0.4, 0.5) is 5.69 Å². The Kier molecular flexibility index (Phi) is 6.25. The molecule has 1 aromatic rings. The third kappa shape index (κ3) is 4.77. The zero-order valence-electron chi connectivity index (χ0n) is 11.2. The van der Waals surface area contributed by atoms with Gasteiger partial charge in [0.15, 0.2) is 5.69 Å². The summed E-state index contributed by atoms with van der Waals surface area (Å²) in [7, 11) is 0. The van der Waals surface area contributed by atoms with E-state index in [2.05, 4.69) is 12.0 Å². The molecule has 1 heterocycles. The Balaban J connectivity index is 2.19. The molecule has 5 heteroatoms. The molecule has 0 aromatic carbocycles. The standard InChI is InChI=1S/C13H24N4O/c1-2-3-4-5-6-7-8-9-17-10-11(14)12(16-17)13(15)18/h10H,2-9,14H2,1H3,(H2,15,18). The third-order valence-corrected chi connectivity index (χ3v) is 3.01. The van der Waals surface area contributed by atoms with Gasteiger partial charge < -0.3 is 11.5 Å². The molecule has 0 fully saturated rings. The molecule has 0 spiro atoms. The molecular weight excluding hydrogens is 228 g/mol. The van der Waals surface area contributed by atoms with Crippen LogP contribution in [-0.2, 0) is 6.54 Å². The number of anilines is 1. The number of aromatic nitrogens is 2. The molecule has 0 radical (unpaired) electrons. The highest BCUT2D eigenvalue weighted by molar-refractivity contribution is 5.95. The first-order valence-corrected chi connectivity index (χ1v) is 6.78. The Bertz CT molecular complexity index is 373. The molecule has 102 valence electrons. The Morgan fingerprint density at radius 2 is 1.83 bits per heavy atom. The van der Waals surface area contributed by atoms with Crippen molar-refractivity contribution in [2.45, 2.75) is 58.4 Å². The number of nitrogens with zero attached hydrogens (tertiary/aromatic N) is 2. The molecule has 4 N–H and O–H groups in total. The zero-order chi connectivity index (χ0) is 13.4. The molecule has 0 saturated carbocycles. The van der Waals surface area contributed by atoms with Crippen molar-refractivity contribution in [2.24, 2.45) is 5.73 Å². The van der Waals surface area contributed by atoms with E-state index in [0.29, 0.717) is 5.69 Å². The topological polar surface area (TPSA) is 86.9 Å². The molecule has 1 aromatic heterocycles. The van der Waals surface area contributed by atoms with Gasteiger partial charge in [0.2, 0.25) is 0 Å². The van der Waals surface area contributed by atoms with E-state index in [1.165, 1.54) is 38.5 Å². The van der Waals surface area contributed by atoms with E-state index >= 15 is 0 Å². The van der Waals surface area contributed by atoms with E-state index < -0.39 is 5.91 Å². The summed E-state index contributed by atoms with van der Waals surface area (Å²) in [5.41, 5.74) is 11.3. The van der Waals surface area contributed by atoms with Crippen LogP contribution in [0.2, 0.25) is 0 Å². The molecule has 0 aliphatic heterocycles. The van der Waals surface area contributed by atoms with Crippen molar-refractivity contribution in [3.63, 3.8) is 0 Å². The van der Waals surface area contributed by atoms with Crippen LogP contribution in [0.15, 0.2) is 6.20 Å². The molecule has 0 bridgehead atoms. The number of nitrogen functional groups attached to an aromatic ring is 1. The fraction of sp³-hybridized carbons (Fsp3) is 0.692. The van der Waals surface area contributed by atoms with Crippen LogP contribution in [0.1, 0.15) is 62.4 Å². The maximum Gasteiger partial charge on any atom is 0.271 e. The molecule has 0 unspecified atom stereocenters. The minimum atomic E-state index is -0.564. The van der Waals surface area contributed by atoms with E-state index in [9.17, 15) is 4.79 Å². The summed E-state index contributed by atoms with van der Waals surface area (Å²) in [6, 6.07) is 0. The Morgan fingerprint density at radius 1 is 1.22 bits per heavy atom. The van der Waals surface area contributed by atoms with E-state index in [1.54, 1.807) is 10.9 Å². The smallest absolute Gasteiger partial charge is 0.271 e. The maximum absolute atomic E-state index is 11.0. The fourth-order valence-electron chi connectivity index (χ4n) is 1.97. The summed E-state index contributed by atoms with van der Waals surface area (Å²) >= 11 is 0. The normalized spacial score (nSPS) is 10.7. The van der Waals surface area contributed by atoms with Gasteiger partial charge in [-0.1, -0.05) is 45.4 Å². The molecule has 0 atom stereocenters. The molecule has 5 nitrogen and oxygen atoms in total. The molecule has 0 aliphatic carbocycles. The Morgan fingerprint density at radius 3 is 2.39 bits per heavy atom. The van der Waals surface area contributed by atoms with Crippen molar-refractivity contribution in [2.75, 3.05) is 5.73 Å². The van der Waals surface area contributed by atoms with Crippen molar-refractivity contribution in [3.05, 3.63) is 11.9 Å². The lowest BCUT2D eigenvalue weighted by molar-refractivity contribution is 0.0995. The summed E-state index contributed by atoms with van der Waals surface area (Å²) in [4.78, 5) is 11.0. The third-order valence-electron chi connectivity index (χ3n) is 3.01. The summed E-state index contributed by atoms with van der Waals surface area (Å²) in [6.45, 7) is 3.02. The minimum Gasteiger partial charge on any atom is -0.396 e. The van der Waals surface area contributed by atoms with Crippen molar-refractivity contribution < 1.29 is 4.79 Å². The lowest BCUT2D eigenvalue weighted by Gasteiger charge is -2.02. The number of rotatable bonds is 9. The quantitative estimate of drug-likeness (QED) is 0.661. The first kappa shape index (κ1) is 14.5. The van der Waals surface area contributed by atoms with Gasteiger partial charge in [0.1, 0.15) is 0 Å². The van der Waals surface area contributed by atoms with Gasteiger partial charge in [0, 0.05) is 12.7 Å². The largest absolute Gasteiger partial charge is 0.396 e. The molecule has 1 rings (SSSR count). The summed E-state index contributed by atoms with van der Waals surface area (Å²) in [5, 5.41) is 4.07. The molecule has 0 aliphatic rings. The SMILES string of the molecule is CCCCCCCCCn1cc(N)c(C(N)=O)n1. The van der Waals surface area contributed by atoms with Crippen LogP contribution < -0.4 is 11.5 Å².